The predicted octanol–water partition coefficient (Wildman–Crippen LogP) is 2.43. The van der Waals surface area contributed by atoms with Gasteiger partial charge in [0.2, 0.25) is 5.91 Å². The van der Waals surface area contributed by atoms with Crippen molar-refractivity contribution in [2.24, 2.45) is 0 Å². The van der Waals surface area contributed by atoms with E-state index < -0.39 is 0 Å². The maximum absolute atomic E-state index is 11.2. The van der Waals surface area contributed by atoms with Crippen LogP contribution >= 0.6 is 11.6 Å². The smallest absolute Gasteiger partial charge is 0.221 e. The normalized spacial score (nSPS) is 10.6. The number of aromatic nitrogens is 1. The van der Waals surface area contributed by atoms with Gasteiger partial charge in [-0.05, 0) is 23.6 Å². The Kier molecular flexibility index (Phi) is 3.15. The van der Waals surface area contributed by atoms with Gasteiger partial charge in [-0.1, -0.05) is 17.7 Å². The Labute approximate surface area is 99.0 Å². The number of carbonyl (C=O) groups is 1. The average molecular weight is 237 g/mol. The lowest BCUT2D eigenvalue weighted by Crippen LogP contribution is -2.19. The summed E-state index contributed by atoms with van der Waals surface area (Å²) in [6.45, 7) is 0.670. The van der Waals surface area contributed by atoms with Gasteiger partial charge in [0.15, 0.2) is 0 Å². The first-order chi connectivity index (χ1) is 7.70. The van der Waals surface area contributed by atoms with Gasteiger partial charge in [-0.2, -0.15) is 0 Å². The van der Waals surface area contributed by atoms with Gasteiger partial charge in [-0.25, -0.2) is 0 Å². The van der Waals surface area contributed by atoms with Crippen LogP contribution < -0.4 is 5.32 Å². The van der Waals surface area contributed by atoms with Crippen LogP contribution in [0.25, 0.3) is 10.9 Å². The summed E-state index contributed by atoms with van der Waals surface area (Å²) in [5.41, 5.74) is 1.07. The fraction of sp³-hybridized carbons (Fsp3) is 0.250. The summed E-state index contributed by atoms with van der Waals surface area (Å²) >= 11 is 5.94. The molecule has 1 heterocycles. The van der Waals surface area contributed by atoms with Gasteiger partial charge < -0.3 is 9.88 Å². The number of hydrogen-bond donors (Lipinski definition) is 1. The molecule has 0 saturated heterocycles. The van der Waals surface area contributed by atoms with Crippen LogP contribution in [-0.2, 0) is 11.3 Å². The first kappa shape index (κ1) is 11.0. The van der Waals surface area contributed by atoms with E-state index in [2.05, 4.69) is 5.32 Å². The van der Waals surface area contributed by atoms with E-state index in [0.29, 0.717) is 18.0 Å². The average Bonchev–Trinajstić information content (AvgIpc) is 2.68. The molecular formula is C12H13ClN2O. The number of nitrogens with zero attached hydrogens (tertiary/aromatic N) is 1. The Morgan fingerprint density at radius 3 is 3.00 bits per heavy atom. The molecule has 0 saturated carbocycles. The molecule has 1 amide bonds. The molecule has 1 aromatic carbocycles. The second-order valence-corrected chi connectivity index (χ2v) is 4.07. The van der Waals surface area contributed by atoms with Crippen molar-refractivity contribution in [2.45, 2.75) is 13.0 Å². The number of hydrogen-bond acceptors (Lipinski definition) is 1. The van der Waals surface area contributed by atoms with E-state index in [0.717, 1.165) is 10.9 Å². The van der Waals surface area contributed by atoms with Crippen molar-refractivity contribution in [3.8, 4) is 0 Å². The highest BCUT2D eigenvalue weighted by Crippen LogP contribution is 2.20. The van der Waals surface area contributed by atoms with Gasteiger partial charge in [-0.3, -0.25) is 4.79 Å². The SMILES string of the molecule is CNC(=O)CCn1ccc2ccc(Cl)cc21. The molecule has 0 atom stereocenters. The van der Waals surface area contributed by atoms with Crippen molar-refractivity contribution in [1.82, 2.24) is 9.88 Å². The van der Waals surface area contributed by atoms with Crippen molar-refractivity contribution in [2.75, 3.05) is 7.05 Å². The Morgan fingerprint density at radius 2 is 2.25 bits per heavy atom. The van der Waals surface area contributed by atoms with Crippen LogP contribution in [-0.4, -0.2) is 17.5 Å². The second-order valence-electron chi connectivity index (χ2n) is 3.64. The lowest BCUT2D eigenvalue weighted by molar-refractivity contribution is -0.120. The van der Waals surface area contributed by atoms with Gasteiger partial charge in [0.25, 0.3) is 0 Å². The summed E-state index contributed by atoms with van der Waals surface area (Å²) < 4.78 is 2.04. The van der Waals surface area contributed by atoms with Crippen molar-refractivity contribution >= 4 is 28.4 Å². The molecule has 0 unspecified atom stereocenters. The standard InChI is InChI=1S/C12H13ClN2O/c1-14-12(16)5-7-15-6-4-9-2-3-10(13)8-11(9)15/h2-4,6,8H,5,7H2,1H3,(H,14,16). The maximum Gasteiger partial charge on any atom is 0.221 e. The first-order valence-corrected chi connectivity index (χ1v) is 5.53. The highest BCUT2D eigenvalue weighted by Gasteiger charge is 2.03. The highest BCUT2D eigenvalue weighted by atomic mass is 35.5. The summed E-state index contributed by atoms with van der Waals surface area (Å²) in [6.07, 6.45) is 2.46. The van der Waals surface area contributed by atoms with Crippen LogP contribution in [0.4, 0.5) is 0 Å². The number of fused-ring (bicyclic) bond motifs is 1. The van der Waals surface area contributed by atoms with Crippen LogP contribution in [0.1, 0.15) is 6.42 Å². The number of amides is 1. The molecule has 4 heteroatoms. The molecule has 0 aliphatic heterocycles. The Hall–Kier alpha value is -1.48. The first-order valence-electron chi connectivity index (χ1n) is 5.15. The van der Waals surface area contributed by atoms with E-state index in [9.17, 15) is 4.79 Å². The van der Waals surface area contributed by atoms with E-state index in [1.807, 2.05) is 35.0 Å². The summed E-state index contributed by atoms with van der Waals surface area (Å²) in [7, 11) is 1.65. The zero-order valence-corrected chi connectivity index (χ0v) is 9.79. The predicted molar refractivity (Wildman–Crippen MR) is 65.6 cm³/mol. The molecule has 0 spiro atoms. The number of nitrogens with one attached hydrogen (secondary N) is 1. The minimum atomic E-state index is 0.0453. The number of rotatable bonds is 3. The maximum atomic E-state index is 11.2. The quantitative estimate of drug-likeness (QED) is 0.873. The van der Waals surface area contributed by atoms with E-state index in [4.69, 9.17) is 11.6 Å². The molecule has 0 aliphatic carbocycles. The summed E-state index contributed by atoms with van der Waals surface area (Å²) in [4.78, 5) is 11.2. The van der Waals surface area contributed by atoms with E-state index in [1.165, 1.54) is 0 Å². The molecule has 2 aromatic rings. The Morgan fingerprint density at radius 1 is 1.44 bits per heavy atom. The van der Waals surface area contributed by atoms with Crippen LogP contribution in [0, 0.1) is 0 Å². The highest BCUT2D eigenvalue weighted by molar-refractivity contribution is 6.31. The Balaban J connectivity index is 2.24. The number of aryl methyl sites for hydroxylation is 1. The summed E-state index contributed by atoms with van der Waals surface area (Å²) in [5.74, 6) is 0.0453. The molecule has 2 rings (SSSR count). The fourth-order valence-corrected chi connectivity index (χ4v) is 1.87. The third-order valence-corrected chi connectivity index (χ3v) is 2.83. The minimum Gasteiger partial charge on any atom is -0.359 e. The molecule has 84 valence electrons. The monoisotopic (exact) mass is 236 g/mol. The lowest BCUT2D eigenvalue weighted by Gasteiger charge is -2.04. The zero-order valence-electron chi connectivity index (χ0n) is 9.03. The number of halogens is 1. The van der Waals surface area contributed by atoms with Crippen molar-refractivity contribution in [3.05, 3.63) is 35.5 Å². The van der Waals surface area contributed by atoms with Crippen molar-refractivity contribution in [1.29, 1.82) is 0 Å². The van der Waals surface area contributed by atoms with Crippen molar-refractivity contribution in [3.63, 3.8) is 0 Å². The largest absolute Gasteiger partial charge is 0.359 e. The zero-order chi connectivity index (χ0) is 11.5. The Bertz CT molecular complexity index is 519. The lowest BCUT2D eigenvalue weighted by atomic mass is 10.2. The molecule has 0 radical (unpaired) electrons. The topological polar surface area (TPSA) is 34.0 Å². The van der Waals surface area contributed by atoms with Crippen LogP contribution in [0.2, 0.25) is 5.02 Å². The van der Waals surface area contributed by atoms with Gasteiger partial charge in [0.1, 0.15) is 0 Å². The van der Waals surface area contributed by atoms with E-state index >= 15 is 0 Å². The molecule has 3 nitrogen and oxygen atoms in total. The van der Waals surface area contributed by atoms with E-state index in [1.54, 1.807) is 7.05 Å². The summed E-state index contributed by atoms with van der Waals surface area (Å²) in [6, 6.07) is 7.79. The molecule has 0 fully saturated rings. The van der Waals surface area contributed by atoms with Gasteiger partial charge in [0, 0.05) is 36.7 Å². The molecular weight excluding hydrogens is 224 g/mol. The number of benzene rings is 1. The molecule has 16 heavy (non-hydrogen) atoms. The minimum absolute atomic E-state index is 0.0453. The van der Waals surface area contributed by atoms with Gasteiger partial charge in [0.05, 0.1) is 0 Å². The molecule has 1 N–H and O–H groups in total. The summed E-state index contributed by atoms with van der Waals surface area (Å²) in [5, 5.41) is 4.46. The van der Waals surface area contributed by atoms with Gasteiger partial charge in [-0.15, -0.1) is 0 Å². The molecule has 1 aromatic heterocycles. The second kappa shape index (κ2) is 4.58. The van der Waals surface area contributed by atoms with E-state index in [-0.39, 0.29) is 5.91 Å². The fourth-order valence-electron chi connectivity index (χ4n) is 1.70. The van der Waals surface area contributed by atoms with Crippen LogP contribution in [0.3, 0.4) is 0 Å². The number of carbonyl (C=O) groups excluding carboxylic acids is 1. The van der Waals surface area contributed by atoms with Gasteiger partial charge >= 0.3 is 0 Å². The third-order valence-electron chi connectivity index (χ3n) is 2.59. The molecule has 0 aliphatic rings. The van der Waals surface area contributed by atoms with Crippen LogP contribution in [0.5, 0.6) is 0 Å². The third kappa shape index (κ3) is 2.19. The molecule has 0 bridgehead atoms. The van der Waals surface area contributed by atoms with Crippen molar-refractivity contribution < 1.29 is 4.79 Å². The van der Waals surface area contributed by atoms with Crippen LogP contribution in [0.15, 0.2) is 30.5 Å².